The highest BCUT2D eigenvalue weighted by Gasteiger charge is 2.10. The van der Waals surface area contributed by atoms with E-state index in [2.05, 4.69) is 29.1 Å². The van der Waals surface area contributed by atoms with Crippen molar-refractivity contribution in [3.05, 3.63) is 94.3 Å². The molecule has 0 unspecified atom stereocenters. The summed E-state index contributed by atoms with van der Waals surface area (Å²) in [5.41, 5.74) is 3.87. The largest absolute Gasteiger partial charge is 0.333 e. The van der Waals surface area contributed by atoms with Gasteiger partial charge < -0.3 is 14.9 Å². The zero-order valence-electron chi connectivity index (χ0n) is 16.3. The minimum Gasteiger partial charge on any atom is -0.333 e. The number of nitrogens with one attached hydrogen (secondary N) is 2. The quantitative estimate of drug-likeness (QED) is 0.541. The third kappa shape index (κ3) is 4.11. The molecular formula is C23H22N4O2. The number of nitrogens with zero attached hydrogens (tertiary/aromatic N) is 2. The average molecular weight is 386 g/mol. The molecule has 0 atom stereocenters. The number of aromatic amines is 1. The molecule has 2 heterocycles. The van der Waals surface area contributed by atoms with Gasteiger partial charge in [-0.05, 0) is 41.3 Å². The van der Waals surface area contributed by atoms with Crippen LogP contribution in [0.4, 0.5) is 5.69 Å². The van der Waals surface area contributed by atoms with Crippen LogP contribution in [0, 0.1) is 0 Å². The topological polar surface area (TPSA) is 79.8 Å². The van der Waals surface area contributed by atoms with Crippen molar-refractivity contribution in [3.63, 3.8) is 0 Å². The van der Waals surface area contributed by atoms with Crippen LogP contribution in [-0.4, -0.2) is 20.4 Å². The summed E-state index contributed by atoms with van der Waals surface area (Å²) in [5.74, 6) is 0.0435. The predicted octanol–water partition coefficient (Wildman–Crippen LogP) is 4.15. The molecule has 0 aliphatic carbocycles. The van der Waals surface area contributed by atoms with Crippen molar-refractivity contribution in [2.24, 2.45) is 0 Å². The summed E-state index contributed by atoms with van der Waals surface area (Å²) in [5, 5.41) is 3.89. The minimum absolute atomic E-state index is 0.141. The number of imidazole rings is 1. The first-order valence-electron chi connectivity index (χ1n) is 9.52. The molecule has 0 spiro atoms. The van der Waals surface area contributed by atoms with Gasteiger partial charge >= 0.3 is 0 Å². The molecule has 6 nitrogen and oxygen atoms in total. The van der Waals surface area contributed by atoms with Gasteiger partial charge in [-0.1, -0.05) is 32.0 Å². The first-order valence-corrected chi connectivity index (χ1v) is 9.52. The summed E-state index contributed by atoms with van der Waals surface area (Å²) >= 11 is 0. The second-order valence-corrected chi connectivity index (χ2v) is 7.39. The van der Waals surface area contributed by atoms with Crippen LogP contribution in [0.25, 0.3) is 10.9 Å². The number of hydrogen-bond donors (Lipinski definition) is 2. The van der Waals surface area contributed by atoms with Gasteiger partial charge in [0, 0.05) is 41.6 Å². The lowest BCUT2D eigenvalue weighted by Gasteiger charge is -2.11. The lowest BCUT2D eigenvalue weighted by molar-refractivity contribution is 0.102. The van der Waals surface area contributed by atoms with E-state index in [1.807, 2.05) is 35.0 Å². The van der Waals surface area contributed by atoms with Gasteiger partial charge in [0.2, 0.25) is 5.56 Å². The summed E-state index contributed by atoms with van der Waals surface area (Å²) in [6.07, 6.45) is 5.40. The second-order valence-electron chi connectivity index (χ2n) is 7.39. The molecule has 2 aromatic heterocycles. The fourth-order valence-corrected chi connectivity index (χ4v) is 3.40. The molecule has 0 saturated carbocycles. The van der Waals surface area contributed by atoms with E-state index in [1.165, 1.54) is 0 Å². The molecule has 0 aliphatic rings. The number of aromatic nitrogens is 3. The minimum atomic E-state index is -0.194. The number of pyridine rings is 1. The first-order chi connectivity index (χ1) is 14.0. The van der Waals surface area contributed by atoms with Gasteiger partial charge in [-0.15, -0.1) is 0 Å². The highest BCUT2D eigenvalue weighted by Crippen LogP contribution is 2.25. The van der Waals surface area contributed by atoms with Gasteiger partial charge in [0.25, 0.3) is 5.91 Å². The van der Waals surface area contributed by atoms with Crippen molar-refractivity contribution in [2.45, 2.75) is 26.3 Å². The maximum absolute atomic E-state index is 12.6. The van der Waals surface area contributed by atoms with E-state index in [4.69, 9.17) is 0 Å². The Morgan fingerprint density at radius 3 is 2.62 bits per heavy atom. The van der Waals surface area contributed by atoms with Crippen molar-refractivity contribution < 1.29 is 4.79 Å². The van der Waals surface area contributed by atoms with Gasteiger partial charge in [-0.25, -0.2) is 4.98 Å². The third-order valence-corrected chi connectivity index (χ3v) is 4.90. The van der Waals surface area contributed by atoms with E-state index >= 15 is 0 Å². The molecule has 4 rings (SSSR count). The van der Waals surface area contributed by atoms with Crippen molar-refractivity contribution >= 4 is 22.5 Å². The number of fused-ring (bicyclic) bond motifs is 1. The van der Waals surface area contributed by atoms with Crippen LogP contribution in [0.1, 0.15) is 41.3 Å². The Bertz CT molecular complexity index is 1210. The number of H-pyrrole nitrogens is 1. The van der Waals surface area contributed by atoms with Crippen LogP contribution in [-0.2, 0) is 6.54 Å². The number of amides is 1. The molecule has 2 aromatic carbocycles. The van der Waals surface area contributed by atoms with Crippen LogP contribution in [0.5, 0.6) is 0 Å². The lowest BCUT2D eigenvalue weighted by Crippen LogP contribution is -2.13. The molecule has 0 radical (unpaired) electrons. The summed E-state index contributed by atoms with van der Waals surface area (Å²) < 4.78 is 1.97. The number of anilines is 1. The molecule has 1 amide bonds. The first kappa shape index (κ1) is 18.7. The highest BCUT2D eigenvalue weighted by atomic mass is 16.1. The van der Waals surface area contributed by atoms with Crippen molar-refractivity contribution in [3.8, 4) is 0 Å². The van der Waals surface area contributed by atoms with Gasteiger partial charge in [0.05, 0.1) is 11.8 Å². The van der Waals surface area contributed by atoms with Crippen molar-refractivity contribution in [2.75, 3.05) is 5.32 Å². The van der Waals surface area contributed by atoms with E-state index in [0.717, 1.165) is 22.0 Å². The molecule has 0 bridgehead atoms. The van der Waals surface area contributed by atoms with E-state index in [1.54, 1.807) is 36.8 Å². The van der Waals surface area contributed by atoms with Gasteiger partial charge in [0.15, 0.2) is 0 Å². The maximum Gasteiger partial charge on any atom is 0.255 e. The molecule has 4 aromatic rings. The number of benzene rings is 2. The standard InChI is InChI=1S/C23H22N4O2/c1-15(2)20-12-22(28)26-21-11-18(7-8-19(20)21)25-23(29)17-5-3-16(4-6-17)13-27-10-9-24-14-27/h3-12,14-15H,13H2,1-2H3,(H,25,29)(H,26,28). The molecule has 2 N–H and O–H groups in total. The van der Waals surface area contributed by atoms with Gasteiger partial charge in [-0.2, -0.15) is 0 Å². The number of hydrogen-bond acceptors (Lipinski definition) is 3. The van der Waals surface area contributed by atoms with Crippen LogP contribution in [0.2, 0.25) is 0 Å². The maximum atomic E-state index is 12.6. The number of carbonyl (C=O) groups is 1. The number of rotatable bonds is 5. The SMILES string of the molecule is CC(C)c1cc(=O)[nH]c2cc(NC(=O)c3ccc(Cn4ccnc4)cc3)ccc12. The van der Waals surface area contributed by atoms with Crippen molar-refractivity contribution in [1.82, 2.24) is 14.5 Å². The zero-order chi connectivity index (χ0) is 20.4. The Hall–Kier alpha value is -3.67. The second kappa shape index (κ2) is 7.75. The molecule has 29 heavy (non-hydrogen) atoms. The average Bonchev–Trinajstić information content (AvgIpc) is 3.20. The lowest BCUT2D eigenvalue weighted by atomic mass is 9.99. The smallest absolute Gasteiger partial charge is 0.255 e. The van der Waals surface area contributed by atoms with Crippen LogP contribution >= 0.6 is 0 Å². The Morgan fingerprint density at radius 2 is 1.93 bits per heavy atom. The summed E-state index contributed by atoms with van der Waals surface area (Å²) in [4.78, 5) is 31.5. The fraction of sp³-hybridized carbons (Fsp3) is 0.174. The molecule has 0 saturated heterocycles. The molecular weight excluding hydrogens is 364 g/mol. The predicted molar refractivity (Wildman–Crippen MR) is 114 cm³/mol. The van der Waals surface area contributed by atoms with E-state index in [9.17, 15) is 9.59 Å². The zero-order valence-corrected chi connectivity index (χ0v) is 16.3. The summed E-state index contributed by atoms with van der Waals surface area (Å²) in [6.45, 7) is 4.82. The summed E-state index contributed by atoms with van der Waals surface area (Å²) in [6, 6.07) is 14.7. The molecule has 146 valence electrons. The third-order valence-electron chi connectivity index (χ3n) is 4.90. The highest BCUT2D eigenvalue weighted by molar-refractivity contribution is 6.05. The molecule has 0 aliphatic heterocycles. The van der Waals surface area contributed by atoms with Crippen molar-refractivity contribution in [1.29, 1.82) is 0 Å². The van der Waals surface area contributed by atoms with E-state index in [0.29, 0.717) is 17.8 Å². The summed E-state index contributed by atoms with van der Waals surface area (Å²) in [7, 11) is 0. The Labute approximate surface area is 168 Å². The van der Waals surface area contributed by atoms with Gasteiger partial charge in [-0.3, -0.25) is 9.59 Å². The molecule has 0 fully saturated rings. The Kier molecular flexibility index (Phi) is 4.99. The van der Waals surface area contributed by atoms with Gasteiger partial charge in [0.1, 0.15) is 0 Å². The van der Waals surface area contributed by atoms with Crippen LogP contribution < -0.4 is 10.9 Å². The number of carbonyl (C=O) groups excluding carboxylic acids is 1. The van der Waals surface area contributed by atoms with Crippen LogP contribution in [0.15, 0.2) is 72.0 Å². The normalized spacial score (nSPS) is 11.1. The van der Waals surface area contributed by atoms with E-state index < -0.39 is 0 Å². The van der Waals surface area contributed by atoms with Crippen LogP contribution in [0.3, 0.4) is 0 Å². The Morgan fingerprint density at radius 1 is 1.14 bits per heavy atom. The monoisotopic (exact) mass is 386 g/mol. The molecule has 6 heteroatoms. The Balaban J connectivity index is 1.53. The fourth-order valence-electron chi connectivity index (χ4n) is 3.40. The van der Waals surface area contributed by atoms with E-state index in [-0.39, 0.29) is 17.4 Å².